The van der Waals surface area contributed by atoms with Crippen molar-refractivity contribution in [1.82, 2.24) is 24.1 Å². The maximum absolute atomic E-state index is 4.47. The summed E-state index contributed by atoms with van der Waals surface area (Å²) in [5.41, 5.74) is 4.20. The van der Waals surface area contributed by atoms with Gasteiger partial charge in [0.15, 0.2) is 0 Å². The highest BCUT2D eigenvalue weighted by atomic mass is 15.1. The number of rotatable bonds is 2. The lowest BCUT2D eigenvalue weighted by Crippen LogP contribution is -1.97. The van der Waals surface area contributed by atoms with Crippen molar-refractivity contribution in [2.45, 2.75) is 0 Å². The number of hydrogen-bond acceptors (Lipinski definition) is 3. The Balaban J connectivity index is 1.90. The predicted octanol–water partition coefficient (Wildman–Crippen LogP) is 2.82. The second-order valence-corrected chi connectivity index (χ2v) is 4.89. The van der Waals surface area contributed by atoms with Crippen LogP contribution >= 0.6 is 0 Å². The van der Waals surface area contributed by atoms with Crippen LogP contribution in [-0.2, 0) is 7.05 Å². The number of imidazole rings is 2. The van der Waals surface area contributed by atoms with Crippen LogP contribution in [-0.4, -0.2) is 24.1 Å². The van der Waals surface area contributed by atoms with Gasteiger partial charge in [-0.2, -0.15) is 0 Å². The monoisotopic (exact) mass is 275 g/mol. The summed E-state index contributed by atoms with van der Waals surface area (Å²) in [4.78, 5) is 12.9. The average molecular weight is 275 g/mol. The van der Waals surface area contributed by atoms with Crippen LogP contribution in [0.3, 0.4) is 0 Å². The van der Waals surface area contributed by atoms with E-state index in [-0.39, 0.29) is 0 Å². The Morgan fingerprint density at radius 1 is 0.952 bits per heavy atom. The van der Waals surface area contributed by atoms with Gasteiger partial charge in [-0.25, -0.2) is 9.97 Å². The molecule has 5 nitrogen and oxygen atoms in total. The van der Waals surface area contributed by atoms with Gasteiger partial charge in [0.1, 0.15) is 5.82 Å². The SMILES string of the molecule is Cn1cnc2ccc(-n3ccnc3-c3ccncc3)cc21. The normalized spacial score (nSPS) is 11.1. The molecule has 0 saturated carbocycles. The molecule has 0 spiro atoms. The standard InChI is InChI=1S/C16H13N5/c1-20-11-19-14-3-2-13(10-15(14)20)21-9-8-18-16(21)12-4-6-17-7-5-12/h2-11H,1H3. The first-order valence-electron chi connectivity index (χ1n) is 6.68. The molecule has 0 aliphatic rings. The number of aromatic nitrogens is 5. The van der Waals surface area contributed by atoms with Crippen LogP contribution < -0.4 is 0 Å². The molecule has 21 heavy (non-hydrogen) atoms. The fourth-order valence-corrected chi connectivity index (χ4v) is 2.49. The Morgan fingerprint density at radius 3 is 2.67 bits per heavy atom. The van der Waals surface area contributed by atoms with Crippen LogP contribution in [0.1, 0.15) is 0 Å². The van der Waals surface area contributed by atoms with Gasteiger partial charge in [0, 0.05) is 43.1 Å². The molecular weight excluding hydrogens is 262 g/mol. The lowest BCUT2D eigenvalue weighted by atomic mass is 10.2. The van der Waals surface area contributed by atoms with E-state index in [9.17, 15) is 0 Å². The Morgan fingerprint density at radius 2 is 1.81 bits per heavy atom. The summed E-state index contributed by atoms with van der Waals surface area (Å²) in [5, 5.41) is 0. The lowest BCUT2D eigenvalue weighted by molar-refractivity contribution is 0.946. The molecule has 4 rings (SSSR count). The zero-order valence-electron chi connectivity index (χ0n) is 11.5. The van der Waals surface area contributed by atoms with Gasteiger partial charge in [-0.3, -0.25) is 9.55 Å². The van der Waals surface area contributed by atoms with E-state index in [1.165, 1.54) is 0 Å². The van der Waals surface area contributed by atoms with Gasteiger partial charge in [0.05, 0.1) is 17.4 Å². The summed E-state index contributed by atoms with van der Waals surface area (Å²) in [7, 11) is 2.00. The fourth-order valence-electron chi connectivity index (χ4n) is 2.49. The minimum atomic E-state index is 0.902. The molecule has 0 aliphatic heterocycles. The molecule has 4 aromatic rings. The first-order valence-corrected chi connectivity index (χ1v) is 6.68. The van der Waals surface area contributed by atoms with Crippen LogP contribution in [0.2, 0.25) is 0 Å². The molecule has 1 aromatic carbocycles. The van der Waals surface area contributed by atoms with Crippen molar-refractivity contribution in [3.05, 3.63) is 61.4 Å². The largest absolute Gasteiger partial charge is 0.334 e. The van der Waals surface area contributed by atoms with E-state index in [1.807, 2.05) is 48.5 Å². The molecule has 0 fully saturated rings. The Labute approximate surface area is 121 Å². The van der Waals surface area contributed by atoms with E-state index in [2.05, 4.69) is 31.7 Å². The van der Waals surface area contributed by atoms with Gasteiger partial charge in [0.25, 0.3) is 0 Å². The summed E-state index contributed by atoms with van der Waals surface area (Å²) in [6.45, 7) is 0. The Bertz CT molecular complexity index is 905. The third kappa shape index (κ3) is 1.90. The molecule has 5 heteroatoms. The molecule has 0 bridgehead atoms. The smallest absolute Gasteiger partial charge is 0.144 e. The Kier molecular flexibility index (Phi) is 2.57. The first-order chi connectivity index (χ1) is 10.3. The van der Waals surface area contributed by atoms with Crippen molar-refractivity contribution in [1.29, 1.82) is 0 Å². The number of nitrogens with zero attached hydrogens (tertiary/aromatic N) is 5. The van der Waals surface area contributed by atoms with Crippen LogP contribution in [0.5, 0.6) is 0 Å². The van der Waals surface area contributed by atoms with E-state index >= 15 is 0 Å². The van der Waals surface area contributed by atoms with Crippen molar-refractivity contribution in [2.75, 3.05) is 0 Å². The summed E-state index contributed by atoms with van der Waals surface area (Å²) in [5.74, 6) is 0.902. The molecule has 102 valence electrons. The van der Waals surface area contributed by atoms with Crippen molar-refractivity contribution in [3.63, 3.8) is 0 Å². The van der Waals surface area contributed by atoms with Crippen LogP contribution in [0.15, 0.2) is 61.4 Å². The summed E-state index contributed by atoms with van der Waals surface area (Å²) < 4.78 is 4.09. The van der Waals surface area contributed by atoms with Gasteiger partial charge in [0.2, 0.25) is 0 Å². The van der Waals surface area contributed by atoms with Crippen molar-refractivity contribution < 1.29 is 0 Å². The summed E-state index contributed by atoms with van der Waals surface area (Å²) >= 11 is 0. The number of benzene rings is 1. The molecule has 0 atom stereocenters. The zero-order chi connectivity index (χ0) is 14.2. The molecule has 3 heterocycles. The molecular formula is C16H13N5. The van der Waals surface area contributed by atoms with E-state index in [0.717, 1.165) is 28.1 Å². The van der Waals surface area contributed by atoms with E-state index < -0.39 is 0 Å². The average Bonchev–Trinajstić information content (AvgIpc) is 3.15. The van der Waals surface area contributed by atoms with Gasteiger partial charge >= 0.3 is 0 Å². The minimum absolute atomic E-state index is 0.902. The zero-order valence-corrected chi connectivity index (χ0v) is 11.5. The minimum Gasteiger partial charge on any atom is -0.334 e. The second-order valence-electron chi connectivity index (χ2n) is 4.89. The summed E-state index contributed by atoms with van der Waals surface area (Å²) in [6.07, 6.45) is 9.15. The molecule has 0 aliphatic carbocycles. The van der Waals surface area contributed by atoms with Crippen molar-refractivity contribution in [3.8, 4) is 17.1 Å². The maximum Gasteiger partial charge on any atom is 0.144 e. The topological polar surface area (TPSA) is 48.5 Å². The highest BCUT2D eigenvalue weighted by Crippen LogP contribution is 2.23. The van der Waals surface area contributed by atoms with E-state index in [1.54, 1.807) is 12.4 Å². The predicted molar refractivity (Wildman–Crippen MR) is 81.1 cm³/mol. The Hall–Kier alpha value is -2.95. The summed E-state index contributed by atoms with van der Waals surface area (Å²) in [6, 6.07) is 10.1. The lowest BCUT2D eigenvalue weighted by Gasteiger charge is -2.08. The fraction of sp³-hybridized carbons (Fsp3) is 0.0625. The quantitative estimate of drug-likeness (QED) is 0.565. The molecule has 0 unspecified atom stereocenters. The van der Waals surface area contributed by atoms with Crippen molar-refractivity contribution >= 4 is 11.0 Å². The van der Waals surface area contributed by atoms with Crippen LogP contribution in [0.25, 0.3) is 28.1 Å². The maximum atomic E-state index is 4.47. The van der Waals surface area contributed by atoms with Gasteiger partial charge < -0.3 is 4.57 Å². The van der Waals surface area contributed by atoms with Crippen LogP contribution in [0, 0.1) is 0 Å². The van der Waals surface area contributed by atoms with Crippen LogP contribution in [0.4, 0.5) is 0 Å². The third-order valence-electron chi connectivity index (χ3n) is 3.57. The highest BCUT2D eigenvalue weighted by molar-refractivity contribution is 5.78. The van der Waals surface area contributed by atoms with E-state index in [0.29, 0.717) is 0 Å². The first kappa shape index (κ1) is 11.8. The molecule has 0 N–H and O–H groups in total. The molecule has 0 saturated heterocycles. The highest BCUT2D eigenvalue weighted by Gasteiger charge is 2.09. The van der Waals surface area contributed by atoms with Gasteiger partial charge in [-0.15, -0.1) is 0 Å². The van der Waals surface area contributed by atoms with E-state index in [4.69, 9.17) is 0 Å². The number of aryl methyl sites for hydroxylation is 1. The van der Waals surface area contributed by atoms with Crippen molar-refractivity contribution in [2.24, 2.45) is 7.05 Å². The second kappa shape index (κ2) is 4.56. The van der Waals surface area contributed by atoms with Gasteiger partial charge in [-0.05, 0) is 30.3 Å². The molecule has 0 amide bonds. The number of fused-ring (bicyclic) bond motifs is 1. The number of pyridine rings is 1. The molecule has 0 radical (unpaired) electrons. The van der Waals surface area contributed by atoms with Gasteiger partial charge in [-0.1, -0.05) is 0 Å². The third-order valence-corrected chi connectivity index (χ3v) is 3.57. The number of hydrogen-bond donors (Lipinski definition) is 0. The molecule has 3 aromatic heterocycles.